The zero-order valence-corrected chi connectivity index (χ0v) is 19.0. The smallest absolute Gasteiger partial charge is 0.327 e. The van der Waals surface area contributed by atoms with Crippen LogP contribution in [0.5, 0.6) is 0 Å². The Balaban J connectivity index is 1.74. The van der Waals surface area contributed by atoms with Crippen molar-refractivity contribution in [3.63, 3.8) is 0 Å². The molecule has 1 atom stereocenters. The predicted molar refractivity (Wildman–Crippen MR) is 125 cm³/mol. The highest BCUT2D eigenvalue weighted by molar-refractivity contribution is 5.69. The second kappa shape index (κ2) is 11.2. The zero-order valence-electron chi connectivity index (χ0n) is 19.0. The molecule has 1 aromatic heterocycles. The van der Waals surface area contributed by atoms with Gasteiger partial charge >= 0.3 is 5.97 Å². The van der Waals surface area contributed by atoms with E-state index in [0.29, 0.717) is 12.4 Å². The lowest BCUT2D eigenvalue weighted by Gasteiger charge is -2.34. The van der Waals surface area contributed by atoms with Crippen LogP contribution < -0.4 is 11.1 Å². The number of nitrogens with zero attached hydrogens (tertiary/aromatic N) is 4. The number of rotatable bonds is 9. The molecule has 33 heavy (non-hydrogen) atoms. The first-order valence-corrected chi connectivity index (χ1v) is 11.7. The number of hydrogen-bond donors (Lipinski definition) is 2. The molecule has 2 aromatic carbocycles. The van der Waals surface area contributed by atoms with Crippen LogP contribution in [0.3, 0.4) is 0 Å². The minimum Gasteiger partial charge on any atom is -0.465 e. The summed E-state index contributed by atoms with van der Waals surface area (Å²) in [4.78, 5) is 12.2. The summed E-state index contributed by atoms with van der Waals surface area (Å²) in [6.07, 6.45) is 3.96. The third kappa shape index (κ3) is 5.83. The van der Waals surface area contributed by atoms with Crippen molar-refractivity contribution < 1.29 is 9.53 Å². The van der Waals surface area contributed by atoms with E-state index < -0.39 is 0 Å². The highest BCUT2D eigenvalue weighted by Gasteiger charge is 2.34. The molecule has 4 rings (SSSR count). The van der Waals surface area contributed by atoms with Gasteiger partial charge in [0.05, 0.1) is 12.6 Å². The second-order valence-electron chi connectivity index (χ2n) is 8.55. The molecule has 8 heteroatoms. The maximum atomic E-state index is 12.2. The first-order chi connectivity index (χ1) is 16.2. The summed E-state index contributed by atoms with van der Waals surface area (Å²) < 4.78 is 6.71. The number of ether oxygens (including phenoxy) is 1. The van der Waals surface area contributed by atoms with Crippen LogP contribution in [0.1, 0.15) is 61.5 Å². The van der Waals surface area contributed by atoms with Crippen molar-refractivity contribution in [2.75, 3.05) is 6.61 Å². The molecule has 0 spiro atoms. The number of aromatic nitrogens is 4. The quantitative estimate of drug-likeness (QED) is 0.485. The molecule has 0 aliphatic heterocycles. The molecule has 174 valence electrons. The van der Waals surface area contributed by atoms with Gasteiger partial charge in [-0.25, -0.2) is 4.68 Å². The van der Waals surface area contributed by atoms with Crippen LogP contribution in [0.15, 0.2) is 60.7 Å². The standard InChI is InChI=1S/C25H32N6O2/c1-2-33-22(32)17-31-25(28-29-30-31)24(27-21-15-13-20(26)14-16-21)23(18-9-5-3-6-10-18)19-11-7-4-8-12-19/h3-12,20-21,23-24,27H,2,13-17,26H2,1H3. The summed E-state index contributed by atoms with van der Waals surface area (Å²) >= 11 is 0. The van der Waals surface area contributed by atoms with Gasteiger partial charge in [0, 0.05) is 18.0 Å². The third-order valence-electron chi connectivity index (χ3n) is 6.26. The molecule has 0 bridgehead atoms. The van der Waals surface area contributed by atoms with Gasteiger partial charge in [0.15, 0.2) is 5.82 Å². The van der Waals surface area contributed by atoms with Gasteiger partial charge in [0.25, 0.3) is 0 Å². The third-order valence-corrected chi connectivity index (χ3v) is 6.26. The molecular formula is C25H32N6O2. The molecular weight excluding hydrogens is 416 g/mol. The van der Waals surface area contributed by atoms with E-state index in [1.165, 1.54) is 0 Å². The molecule has 1 saturated carbocycles. The van der Waals surface area contributed by atoms with E-state index in [1.807, 2.05) is 36.4 Å². The van der Waals surface area contributed by atoms with E-state index in [4.69, 9.17) is 10.5 Å². The van der Waals surface area contributed by atoms with Gasteiger partial charge in [0.2, 0.25) is 0 Å². The molecule has 0 amide bonds. The average Bonchev–Trinajstić information content (AvgIpc) is 3.29. The minimum atomic E-state index is -0.357. The largest absolute Gasteiger partial charge is 0.465 e. The summed E-state index contributed by atoms with van der Waals surface area (Å²) in [7, 11) is 0. The number of nitrogens with two attached hydrogens (primary N) is 1. The molecule has 0 radical (unpaired) electrons. The van der Waals surface area contributed by atoms with Crippen LogP contribution in [0, 0.1) is 0 Å². The summed E-state index contributed by atoms with van der Waals surface area (Å²) in [6, 6.07) is 21.0. The molecule has 0 saturated heterocycles. The van der Waals surface area contributed by atoms with E-state index in [0.717, 1.165) is 36.8 Å². The van der Waals surface area contributed by atoms with Crippen LogP contribution in [0.2, 0.25) is 0 Å². The zero-order chi connectivity index (χ0) is 23.0. The van der Waals surface area contributed by atoms with Gasteiger partial charge in [-0.1, -0.05) is 60.7 Å². The number of esters is 1. The van der Waals surface area contributed by atoms with Gasteiger partial charge in [-0.3, -0.25) is 4.79 Å². The summed E-state index contributed by atoms with van der Waals surface area (Å²) in [5.74, 6) is 0.218. The van der Waals surface area contributed by atoms with Crippen LogP contribution in [-0.4, -0.2) is 44.9 Å². The van der Waals surface area contributed by atoms with Crippen molar-refractivity contribution in [1.29, 1.82) is 0 Å². The fourth-order valence-electron chi connectivity index (χ4n) is 4.63. The minimum absolute atomic E-state index is 0.0276. The highest BCUT2D eigenvalue weighted by Crippen LogP contribution is 2.37. The number of carbonyl (C=O) groups is 1. The maximum absolute atomic E-state index is 12.2. The topological polar surface area (TPSA) is 108 Å². The first-order valence-electron chi connectivity index (χ1n) is 11.7. The Morgan fingerprint density at radius 1 is 1.06 bits per heavy atom. The lowest BCUT2D eigenvalue weighted by molar-refractivity contribution is -0.144. The van der Waals surface area contributed by atoms with Gasteiger partial charge in [-0.15, -0.1) is 5.10 Å². The molecule has 1 aliphatic rings. The van der Waals surface area contributed by atoms with Crippen LogP contribution in [-0.2, 0) is 16.1 Å². The normalized spacial score (nSPS) is 19.4. The number of nitrogens with one attached hydrogen (secondary N) is 1. The number of carbonyl (C=O) groups excluding carboxylic acids is 1. The number of tetrazole rings is 1. The van der Waals surface area contributed by atoms with Crippen molar-refractivity contribution in [3.05, 3.63) is 77.6 Å². The van der Waals surface area contributed by atoms with Crippen molar-refractivity contribution in [2.24, 2.45) is 5.73 Å². The van der Waals surface area contributed by atoms with Crippen LogP contribution >= 0.6 is 0 Å². The van der Waals surface area contributed by atoms with Crippen molar-refractivity contribution in [2.45, 2.75) is 63.2 Å². The molecule has 3 N–H and O–H groups in total. The van der Waals surface area contributed by atoms with E-state index in [-0.39, 0.29) is 36.6 Å². The molecule has 1 heterocycles. The summed E-state index contributed by atoms with van der Waals surface area (Å²) in [6.45, 7) is 2.08. The SMILES string of the molecule is CCOC(=O)Cn1nnnc1C(NC1CCC(N)CC1)C(c1ccccc1)c1ccccc1. The molecule has 3 aromatic rings. The Labute approximate surface area is 194 Å². The summed E-state index contributed by atoms with van der Waals surface area (Å²) in [5, 5.41) is 16.3. The lowest BCUT2D eigenvalue weighted by atomic mass is 9.83. The van der Waals surface area contributed by atoms with Crippen LogP contribution in [0.25, 0.3) is 0 Å². The van der Waals surface area contributed by atoms with E-state index in [9.17, 15) is 4.79 Å². The van der Waals surface area contributed by atoms with Crippen molar-refractivity contribution >= 4 is 5.97 Å². The van der Waals surface area contributed by atoms with Gasteiger partial charge in [0.1, 0.15) is 6.54 Å². The Kier molecular flexibility index (Phi) is 7.80. The fraction of sp³-hybridized carbons (Fsp3) is 0.440. The van der Waals surface area contributed by atoms with Gasteiger partial charge < -0.3 is 15.8 Å². The predicted octanol–water partition coefficient (Wildman–Crippen LogP) is 2.97. The lowest BCUT2D eigenvalue weighted by Crippen LogP contribution is -2.42. The maximum Gasteiger partial charge on any atom is 0.327 e. The monoisotopic (exact) mass is 448 g/mol. The van der Waals surface area contributed by atoms with E-state index >= 15 is 0 Å². The first kappa shape index (κ1) is 23.1. The van der Waals surface area contributed by atoms with Gasteiger partial charge in [-0.05, 0) is 54.2 Å². The Morgan fingerprint density at radius 3 is 2.24 bits per heavy atom. The Morgan fingerprint density at radius 2 is 1.67 bits per heavy atom. The molecule has 1 aliphatic carbocycles. The van der Waals surface area contributed by atoms with E-state index in [2.05, 4.69) is 45.1 Å². The Hall–Kier alpha value is -3.10. The van der Waals surface area contributed by atoms with Crippen LogP contribution in [0.4, 0.5) is 0 Å². The van der Waals surface area contributed by atoms with Gasteiger partial charge in [-0.2, -0.15) is 0 Å². The molecule has 8 nitrogen and oxygen atoms in total. The average molecular weight is 449 g/mol. The number of hydrogen-bond acceptors (Lipinski definition) is 7. The van der Waals surface area contributed by atoms with Crippen molar-refractivity contribution in [3.8, 4) is 0 Å². The molecule has 1 fully saturated rings. The summed E-state index contributed by atoms with van der Waals surface area (Å²) in [5.41, 5.74) is 8.46. The fourth-order valence-corrected chi connectivity index (χ4v) is 4.63. The highest BCUT2D eigenvalue weighted by atomic mass is 16.5. The second-order valence-corrected chi connectivity index (χ2v) is 8.55. The molecule has 1 unspecified atom stereocenters. The van der Waals surface area contributed by atoms with Crippen molar-refractivity contribution in [1.82, 2.24) is 25.5 Å². The Bertz CT molecular complexity index is 963. The number of benzene rings is 2. The van der Waals surface area contributed by atoms with E-state index in [1.54, 1.807) is 11.6 Å².